The summed E-state index contributed by atoms with van der Waals surface area (Å²) in [4.78, 5) is 0. The SMILES string of the molecule is CCC(C)CC1(CC)CCC(CC)C1. The Bertz CT molecular complexity index is 161. The molecule has 1 aliphatic carbocycles. The third-order valence-electron chi connectivity index (χ3n) is 4.61. The summed E-state index contributed by atoms with van der Waals surface area (Å²) < 4.78 is 0. The molecule has 0 nitrogen and oxygen atoms in total. The Morgan fingerprint density at radius 3 is 2.43 bits per heavy atom. The predicted octanol–water partition coefficient (Wildman–Crippen LogP) is 5.03. The Hall–Kier alpha value is 0. The molecule has 3 unspecified atom stereocenters. The van der Waals surface area contributed by atoms with Gasteiger partial charge in [0.25, 0.3) is 0 Å². The van der Waals surface area contributed by atoms with E-state index in [0.717, 1.165) is 17.3 Å². The van der Waals surface area contributed by atoms with E-state index < -0.39 is 0 Å². The zero-order valence-corrected chi connectivity index (χ0v) is 10.6. The lowest BCUT2D eigenvalue weighted by Gasteiger charge is -2.31. The van der Waals surface area contributed by atoms with E-state index in [1.165, 1.54) is 44.9 Å². The van der Waals surface area contributed by atoms with Crippen LogP contribution in [0.2, 0.25) is 0 Å². The van der Waals surface area contributed by atoms with Crippen molar-refractivity contribution in [3.63, 3.8) is 0 Å². The van der Waals surface area contributed by atoms with E-state index >= 15 is 0 Å². The molecule has 0 N–H and O–H groups in total. The van der Waals surface area contributed by atoms with E-state index in [0.29, 0.717) is 0 Å². The second kappa shape index (κ2) is 5.19. The van der Waals surface area contributed by atoms with Gasteiger partial charge in [0.2, 0.25) is 0 Å². The quantitative estimate of drug-likeness (QED) is 0.578. The molecule has 0 amide bonds. The summed E-state index contributed by atoms with van der Waals surface area (Å²) in [5.74, 6) is 1.98. The first-order chi connectivity index (χ1) is 6.65. The van der Waals surface area contributed by atoms with Crippen molar-refractivity contribution in [2.45, 2.75) is 72.6 Å². The molecule has 0 aromatic carbocycles. The van der Waals surface area contributed by atoms with Gasteiger partial charge in [-0.1, -0.05) is 47.0 Å². The summed E-state index contributed by atoms with van der Waals surface area (Å²) in [6.45, 7) is 9.52. The summed E-state index contributed by atoms with van der Waals surface area (Å²) in [6.07, 6.45) is 10.2. The van der Waals surface area contributed by atoms with Gasteiger partial charge in [0.05, 0.1) is 0 Å². The fourth-order valence-electron chi connectivity index (χ4n) is 3.21. The van der Waals surface area contributed by atoms with Crippen molar-refractivity contribution in [1.29, 1.82) is 0 Å². The molecule has 0 heterocycles. The Morgan fingerprint density at radius 1 is 1.29 bits per heavy atom. The monoisotopic (exact) mass is 196 g/mol. The Balaban J connectivity index is 2.51. The van der Waals surface area contributed by atoms with E-state index in [4.69, 9.17) is 0 Å². The summed E-state index contributed by atoms with van der Waals surface area (Å²) in [7, 11) is 0. The maximum absolute atomic E-state index is 2.43. The second-order valence-electron chi connectivity index (χ2n) is 5.59. The number of hydrogen-bond donors (Lipinski definition) is 0. The average molecular weight is 196 g/mol. The molecule has 0 aromatic heterocycles. The summed E-state index contributed by atoms with van der Waals surface area (Å²) in [5, 5.41) is 0. The van der Waals surface area contributed by atoms with Crippen LogP contribution in [-0.2, 0) is 0 Å². The first-order valence-electron chi connectivity index (χ1n) is 6.65. The molecule has 1 saturated carbocycles. The number of rotatable bonds is 5. The lowest BCUT2D eigenvalue weighted by atomic mass is 9.75. The van der Waals surface area contributed by atoms with Crippen LogP contribution in [0, 0.1) is 17.3 Å². The largest absolute Gasteiger partial charge is 0.0651 e. The van der Waals surface area contributed by atoms with Crippen LogP contribution >= 0.6 is 0 Å². The van der Waals surface area contributed by atoms with Crippen LogP contribution in [0.4, 0.5) is 0 Å². The van der Waals surface area contributed by atoms with Gasteiger partial charge in [-0.2, -0.15) is 0 Å². The lowest BCUT2D eigenvalue weighted by Crippen LogP contribution is -2.19. The fraction of sp³-hybridized carbons (Fsp3) is 1.00. The third-order valence-corrected chi connectivity index (χ3v) is 4.61. The molecule has 0 aliphatic heterocycles. The van der Waals surface area contributed by atoms with E-state index in [9.17, 15) is 0 Å². The molecule has 0 heteroatoms. The first-order valence-corrected chi connectivity index (χ1v) is 6.65. The van der Waals surface area contributed by atoms with Crippen LogP contribution < -0.4 is 0 Å². The van der Waals surface area contributed by atoms with Gasteiger partial charge in [-0.25, -0.2) is 0 Å². The van der Waals surface area contributed by atoms with Gasteiger partial charge in [-0.15, -0.1) is 0 Å². The predicted molar refractivity (Wildman–Crippen MR) is 64.4 cm³/mol. The van der Waals surface area contributed by atoms with Crippen molar-refractivity contribution in [3.05, 3.63) is 0 Å². The van der Waals surface area contributed by atoms with E-state index in [1.54, 1.807) is 0 Å². The highest BCUT2D eigenvalue weighted by molar-refractivity contribution is 4.88. The highest BCUT2D eigenvalue weighted by Crippen LogP contribution is 2.49. The lowest BCUT2D eigenvalue weighted by molar-refractivity contribution is 0.205. The topological polar surface area (TPSA) is 0 Å². The van der Waals surface area contributed by atoms with Gasteiger partial charge in [-0.05, 0) is 42.9 Å². The molecule has 0 spiro atoms. The standard InChI is InChI=1S/C14H28/c1-5-12(4)10-14(7-3)9-8-13(6-2)11-14/h12-13H,5-11H2,1-4H3. The molecule has 3 atom stereocenters. The van der Waals surface area contributed by atoms with Crippen molar-refractivity contribution >= 4 is 0 Å². The molecule has 1 aliphatic rings. The van der Waals surface area contributed by atoms with Gasteiger partial charge in [0, 0.05) is 0 Å². The van der Waals surface area contributed by atoms with Crippen molar-refractivity contribution in [1.82, 2.24) is 0 Å². The highest BCUT2D eigenvalue weighted by atomic mass is 14.4. The summed E-state index contributed by atoms with van der Waals surface area (Å²) in [5.41, 5.74) is 0.732. The van der Waals surface area contributed by atoms with E-state index in [-0.39, 0.29) is 0 Å². The third kappa shape index (κ3) is 2.74. The molecule has 0 radical (unpaired) electrons. The molecule has 0 saturated heterocycles. The van der Waals surface area contributed by atoms with Crippen molar-refractivity contribution in [2.75, 3.05) is 0 Å². The molecule has 14 heavy (non-hydrogen) atoms. The number of hydrogen-bond acceptors (Lipinski definition) is 0. The Kier molecular flexibility index (Phi) is 4.47. The molecule has 0 aromatic rings. The van der Waals surface area contributed by atoms with Crippen LogP contribution in [0.25, 0.3) is 0 Å². The zero-order chi connectivity index (χ0) is 10.6. The first kappa shape index (κ1) is 12.1. The summed E-state index contributed by atoms with van der Waals surface area (Å²) >= 11 is 0. The maximum atomic E-state index is 2.43. The van der Waals surface area contributed by atoms with Crippen molar-refractivity contribution < 1.29 is 0 Å². The van der Waals surface area contributed by atoms with Crippen LogP contribution in [0.1, 0.15) is 72.6 Å². The smallest absolute Gasteiger partial charge is 0.0295 e. The fourth-order valence-corrected chi connectivity index (χ4v) is 3.21. The van der Waals surface area contributed by atoms with Crippen LogP contribution in [0.3, 0.4) is 0 Å². The summed E-state index contributed by atoms with van der Waals surface area (Å²) in [6, 6.07) is 0. The minimum absolute atomic E-state index is 0.732. The van der Waals surface area contributed by atoms with Crippen LogP contribution in [0.5, 0.6) is 0 Å². The van der Waals surface area contributed by atoms with E-state index in [1.807, 2.05) is 0 Å². The second-order valence-corrected chi connectivity index (χ2v) is 5.59. The zero-order valence-electron chi connectivity index (χ0n) is 10.6. The molecule has 1 rings (SSSR count). The molecule has 0 bridgehead atoms. The highest BCUT2D eigenvalue weighted by Gasteiger charge is 2.37. The maximum Gasteiger partial charge on any atom is -0.0295 e. The minimum atomic E-state index is 0.732. The van der Waals surface area contributed by atoms with Gasteiger partial charge >= 0.3 is 0 Å². The normalized spacial score (nSPS) is 34.7. The van der Waals surface area contributed by atoms with Crippen LogP contribution in [-0.4, -0.2) is 0 Å². The Morgan fingerprint density at radius 2 is 2.00 bits per heavy atom. The van der Waals surface area contributed by atoms with Gasteiger partial charge in [0.1, 0.15) is 0 Å². The van der Waals surface area contributed by atoms with Gasteiger partial charge in [-0.3, -0.25) is 0 Å². The van der Waals surface area contributed by atoms with Crippen molar-refractivity contribution in [3.8, 4) is 0 Å². The molecule has 84 valence electrons. The Labute approximate surface area is 90.5 Å². The molecule has 1 fully saturated rings. The van der Waals surface area contributed by atoms with Crippen LogP contribution in [0.15, 0.2) is 0 Å². The molecular weight excluding hydrogens is 168 g/mol. The van der Waals surface area contributed by atoms with Gasteiger partial charge < -0.3 is 0 Å². The van der Waals surface area contributed by atoms with Crippen molar-refractivity contribution in [2.24, 2.45) is 17.3 Å². The minimum Gasteiger partial charge on any atom is -0.0651 e. The average Bonchev–Trinajstić information content (AvgIpc) is 2.62. The molecular formula is C14H28. The van der Waals surface area contributed by atoms with Gasteiger partial charge in [0.15, 0.2) is 0 Å². The van der Waals surface area contributed by atoms with E-state index in [2.05, 4.69) is 27.7 Å².